The minimum absolute atomic E-state index is 0.0200. The van der Waals surface area contributed by atoms with Crippen LogP contribution in [-0.2, 0) is 0 Å². The molecule has 1 aromatic carbocycles. The highest BCUT2D eigenvalue weighted by Gasteiger charge is 1.96. The Kier molecular flexibility index (Phi) is 4.51. The van der Waals surface area contributed by atoms with Crippen molar-refractivity contribution in [3.05, 3.63) is 24.3 Å². The molecule has 0 atom stereocenters. The highest BCUT2D eigenvalue weighted by molar-refractivity contribution is 7.99. The summed E-state index contributed by atoms with van der Waals surface area (Å²) >= 11 is 1.76. The monoisotopic (exact) mass is 220 g/mol. The molecule has 78 valence electrons. The molecule has 0 saturated heterocycles. The third-order valence-corrected chi connectivity index (χ3v) is 2.51. The summed E-state index contributed by atoms with van der Waals surface area (Å²) in [5, 5.41) is 20.6. The topological polar surface area (TPSA) is 71.7 Å². The first-order valence-corrected chi connectivity index (χ1v) is 5.48. The van der Waals surface area contributed by atoms with E-state index in [9.17, 15) is 0 Å². The van der Waals surface area contributed by atoms with Crippen LogP contribution in [0.15, 0.2) is 29.2 Å². The lowest BCUT2D eigenvalue weighted by atomic mass is 10.3. The van der Waals surface area contributed by atoms with Crippen molar-refractivity contribution >= 4 is 23.4 Å². The molecule has 1 rings (SSSR count). The average Bonchev–Trinajstić information content (AvgIpc) is 2.22. The van der Waals surface area contributed by atoms with Crippen molar-refractivity contribution in [2.75, 3.05) is 11.1 Å². The van der Waals surface area contributed by atoms with Crippen molar-refractivity contribution in [2.45, 2.75) is 11.8 Å². The van der Waals surface area contributed by atoms with Gasteiger partial charge in [0.2, 0.25) is 5.96 Å². The van der Waals surface area contributed by atoms with Crippen LogP contribution in [0.25, 0.3) is 0 Å². The van der Waals surface area contributed by atoms with Crippen molar-refractivity contribution in [3.8, 4) is 6.19 Å². The summed E-state index contributed by atoms with van der Waals surface area (Å²) in [7, 11) is 0. The van der Waals surface area contributed by atoms with E-state index in [1.165, 1.54) is 4.90 Å². The van der Waals surface area contributed by atoms with E-state index >= 15 is 0 Å². The number of benzene rings is 1. The van der Waals surface area contributed by atoms with Crippen molar-refractivity contribution in [2.24, 2.45) is 0 Å². The molecule has 0 aliphatic carbocycles. The molecular weight excluding hydrogens is 208 g/mol. The first-order valence-electron chi connectivity index (χ1n) is 4.49. The van der Waals surface area contributed by atoms with Crippen LogP contribution >= 0.6 is 11.8 Å². The van der Waals surface area contributed by atoms with Crippen LogP contribution in [0.1, 0.15) is 6.92 Å². The molecule has 1 aromatic rings. The largest absolute Gasteiger partial charge is 0.326 e. The minimum atomic E-state index is -0.0200. The lowest BCUT2D eigenvalue weighted by molar-refractivity contribution is 1.21. The molecule has 0 aliphatic heterocycles. The van der Waals surface area contributed by atoms with Gasteiger partial charge >= 0.3 is 0 Å². The second-order valence-corrected chi connectivity index (χ2v) is 4.03. The van der Waals surface area contributed by atoms with E-state index in [2.05, 4.69) is 17.6 Å². The van der Waals surface area contributed by atoms with Crippen LogP contribution in [0.3, 0.4) is 0 Å². The highest BCUT2D eigenvalue weighted by Crippen LogP contribution is 2.19. The van der Waals surface area contributed by atoms with Crippen molar-refractivity contribution in [3.63, 3.8) is 0 Å². The quantitative estimate of drug-likeness (QED) is 0.240. The number of thioether (sulfide) groups is 1. The summed E-state index contributed by atoms with van der Waals surface area (Å²) < 4.78 is 0. The Morgan fingerprint density at radius 2 is 2.13 bits per heavy atom. The fourth-order valence-corrected chi connectivity index (χ4v) is 1.69. The second kappa shape index (κ2) is 5.94. The van der Waals surface area contributed by atoms with Crippen molar-refractivity contribution < 1.29 is 0 Å². The van der Waals surface area contributed by atoms with Gasteiger partial charge in [0.25, 0.3) is 0 Å². The summed E-state index contributed by atoms with van der Waals surface area (Å²) in [5.41, 5.74) is 0.795. The first kappa shape index (κ1) is 11.4. The van der Waals surface area contributed by atoms with Gasteiger partial charge in [-0.3, -0.25) is 10.7 Å². The first-order chi connectivity index (χ1) is 7.26. The maximum Gasteiger partial charge on any atom is 0.206 e. The Hall–Kier alpha value is -1.67. The Labute approximate surface area is 93.2 Å². The van der Waals surface area contributed by atoms with E-state index in [-0.39, 0.29) is 5.96 Å². The molecule has 0 aliphatic rings. The Balaban J connectivity index is 2.57. The number of hydrogen-bond acceptors (Lipinski definition) is 3. The van der Waals surface area contributed by atoms with Gasteiger partial charge in [0.05, 0.1) is 0 Å². The number of nitriles is 1. The molecule has 15 heavy (non-hydrogen) atoms. The molecule has 5 heteroatoms. The van der Waals surface area contributed by atoms with E-state index in [0.29, 0.717) is 0 Å². The van der Waals surface area contributed by atoms with Crippen molar-refractivity contribution in [1.82, 2.24) is 5.32 Å². The Morgan fingerprint density at radius 1 is 1.47 bits per heavy atom. The van der Waals surface area contributed by atoms with Crippen LogP contribution in [0.2, 0.25) is 0 Å². The van der Waals surface area contributed by atoms with Crippen LogP contribution < -0.4 is 10.6 Å². The SMILES string of the molecule is CCSc1ccc(NC(=N)NC#N)cc1. The summed E-state index contributed by atoms with van der Waals surface area (Å²) in [5.74, 6) is 1.02. The van der Waals surface area contributed by atoms with Gasteiger partial charge in [0.15, 0.2) is 6.19 Å². The Morgan fingerprint density at radius 3 is 2.67 bits per heavy atom. The molecule has 4 nitrogen and oxygen atoms in total. The molecule has 0 saturated carbocycles. The number of nitrogens with one attached hydrogen (secondary N) is 3. The third kappa shape index (κ3) is 3.92. The van der Waals surface area contributed by atoms with Gasteiger partial charge in [-0.15, -0.1) is 11.8 Å². The lowest BCUT2D eigenvalue weighted by Crippen LogP contribution is -2.24. The number of guanidine groups is 1. The molecule has 0 amide bonds. The van der Waals surface area contributed by atoms with E-state index in [1.807, 2.05) is 24.3 Å². The van der Waals surface area contributed by atoms with E-state index in [0.717, 1.165) is 11.4 Å². The zero-order valence-corrected chi connectivity index (χ0v) is 9.19. The average molecular weight is 220 g/mol. The number of nitrogens with zero attached hydrogens (tertiary/aromatic N) is 1. The number of anilines is 1. The van der Waals surface area contributed by atoms with E-state index in [4.69, 9.17) is 10.7 Å². The van der Waals surface area contributed by atoms with Gasteiger partial charge in [-0.2, -0.15) is 5.26 Å². The van der Waals surface area contributed by atoms with Crippen LogP contribution in [0, 0.1) is 16.9 Å². The van der Waals surface area contributed by atoms with Crippen molar-refractivity contribution in [1.29, 1.82) is 10.7 Å². The summed E-state index contributed by atoms with van der Waals surface area (Å²) in [4.78, 5) is 1.20. The highest BCUT2D eigenvalue weighted by atomic mass is 32.2. The second-order valence-electron chi connectivity index (χ2n) is 2.69. The van der Waals surface area contributed by atoms with E-state index in [1.54, 1.807) is 18.0 Å². The number of rotatable bonds is 3. The molecule has 0 spiro atoms. The predicted molar refractivity (Wildman–Crippen MR) is 62.9 cm³/mol. The normalized spacial score (nSPS) is 9.07. The van der Waals surface area contributed by atoms with Gasteiger partial charge in [-0.05, 0) is 30.0 Å². The fraction of sp³-hybridized carbons (Fsp3) is 0.200. The molecule has 0 radical (unpaired) electrons. The standard InChI is InChI=1S/C10H12N4S/c1-2-15-9-5-3-8(4-6-9)14-10(12)13-7-11/h3-6H,2H2,1H3,(H3,12,13,14). The van der Waals surface area contributed by atoms with Crippen LogP contribution in [0.4, 0.5) is 5.69 Å². The van der Waals surface area contributed by atoms with Gasteiger partial charge in [0.1, 0.15) is 0 Å². The molecular formula is C10H12N4S. The van der Waals surface area contributed by atoms with Gasteiger partial charge in [0, 0.05) is 10.6 Å². The maximum absolute atomic E-state index is 8.28. The Bertz CT molecular complexity index is 366. The smallest absolute Gasteiger partial charge is 0.206 e. The minimum Gasteiger partial charge on any atom is -0.326 e. The fourth-order valence-electron chi connectivity index (χ4n) is 1.03. The van der Waals surface area contributed by atoms with Gasteiger partial charge in [-0.1, -0.05) is 6.92 Å². The molecule has 0 bridgehead atoms. The van der Waals surface area contributed by atoms with Gasteiger partial charge in [-0.25, -0.2) is 0 Å². The molecule has 0 aromatic heterocycles. The summed E-state index contributed by atoms with van der Waals surface area (Å²) in [6.45, 7) is 2.10. The number of hydrogen-bond donors (Lipinski definition) is 3. The molecule has 0 fully saturated rings. The zero-order chi connectivity index (χ0) is 11.1. The third-order valence-electron chi connectivity index (χ3n) is 1.62. The predicted octanol–water partition coefficient (Wildman–Crippen LogP) is 2.22. The molecule has 0 unspecified atom stereocenters. The zero-order valence-electron chi connectivity index (χ0n) is 8.37. The summed E-state index contributed by atoms with van der Waals surface area (Å²) in [6, 6.07) is 7.73. The lowest BCUT2D eigenvalue weighted by Gasteiger charge is -2.06. The van der Waals surface area contributed by atoms with Crippen LogP contribution in [0.5, 0.6) is 0 Å². The summed E-state index contributed by atoms with van der Waals surface area (Å²) in [6.07, 6.45) is 1.68. The maximum atomic E-state index is 8.28. The van der Waals surface area contributed by atoms with Crippen LogP contribution in [-0.4, -0.2) is 11.7 Å². The molecule has 3 N–H and O–H groups in total. The molecule has 0 heterocycles. The van der Waals surface area contributed by atoms with E-state index < -0.39 is 0 Å². The van der Waals surface area contributed by atoms with Gasteiger partial charge < -0.3 is 5.32 Å².